The minimum atomic E-state index is -1.93. The number of aliphatic carboxylic acids is 1. The van der Waals surface area contributed by atoms with Gasteiger partial charge in [-0.3, -0.25) is 34.2 Å². The Kier molecular flexibility index (Phi) is 8.39. The van der Waals surface area contributed by atoms with Crippen LogP contribution in [0.4, 0.5) is 0 Å². The molecule has 2 fully saturated rings. The molecule has 5 aromatic carbocycles. The molecule has 2 saturated heterocycles. The Hall–Kier alpha value is -6.85. The fraction of sp³-hybridized carbons (Fsp3) is 0.178. The lowest BCUT2D eigenvalue weighted by molar-refractivity contribution is -0.151. The summed E-state index contributed by atoms with van der Waals surface area (Å²) in [4.78, 5) is 74.6. The molecule has 4 unspecified atom stereocenters. The molecule has 3 N–H and O–H groups in total. The number of carbonyl (C=O) groups is 5. The number of carboxylic acid groups (broad SMARTS) is 1. The number of nitrogens with one attached hydrogen (secondary N) is 2. The summed E-state index contributed by atoms with van der Waals surface area (Å²) in [5.41, 5.74) is 2.36. The van der Waals surface area contributed by atoms with E-state index in [0.717, 1.165) is 21.4 Å². The van der Waals surface area contributed by atoms with Crippen molar-refractivity contribution in [3.8, 4) is 11.5 Å². The van der Waals surface area contributed by atoms with Crippen LogP contribution in [0.2, 0.25) is 0 Å². The minimum absolute atomic E-state index is 0.115. The van der Waals surface area contributed by atoms with E-state index in [4.69, 9.17) is 9.47 Å². The third-order valence-corrected chi connectivity index (χ3v) is 11.4. The molecule has 0 bridgehead atoms. The van der Waals surface area contributed by atoms with Crippen molar-refractivity contribution in [3.05, 3.63) is 166 Å². The molecule has 9 rings (SSSR count). The first kappa shape index (κ1) is 34.9. The number of methoxy groups -OCH3 is 1. The molecule has 1 aromatic heterocycles. The molecule has 4 atom stereocenters. The van der Waals surface area contributed by atoms with Crippen LogP contribution in [-0.2, 0) is 34.0 Å². The van der Waals surface area contributed by atoms with Gasteiger partial charge < -0.3 is 19.6 Å². The van der Waals surface area contributed by atoms with E-state index in [-0.39, 0.29) is 47.8 Å². The molecule has 1 aliphatic carbocycles. The summed E-state index contributed by atoms with van der Waals surface area (Å²) in [6, 6.07) is 32.5. The number of H-pyrrole nitrogens is 1. The van der Waals surface area contributed by atoms with Crippen LogP contribution in [0.25, 0.3) is 10.9 Å². The van der Waals surface area contributed by atoms with E-state index in [1.165, 1.54) is 7.11 Å². The summed E-state index contributed by atoms with van der Waals surface area (Å²) in [5.74, 6) is -4.90. The molecule has 3 aliphatic rings. The van der Waals surface area contributed by atoms with E-state index in [1.807, 2.05) is 54.6 Å². The van der Waals surface area contributed by atoms with Gasteiger partial charge in [0.15, 0.2) is 23.1 Å². The minimum Gasteiger partial charge on any atom is -0.493 e. The number of fused-ring (bicyclic) bond motifs is 4. The monoisotopic (exact) mass is 745 g/mol. The smallest absolute Gasteiger partial charge is 0.325 e. The van der Waals surface area contributed by atoms with Crippen molar-refractivity contribution in [1.29, 1.82) is 0 Å². The lowest BCUT2D eigenvalue weighted by Crippen LogP contribution is -2.57. The van der Waals surface area contributed by atoms with Gasteiger partial charge in [-0.1, -0.05) is 91.0 Å². The van der Waals surface area contributed by atoms with Crippen molar-refractivity contribution in [1.82, 2.24) is 15.2 Å². The third kappa shape index (κ3) is 5.42. The van der Waals surface area contributed by atoms with E-state index in [0.29, 0.717) is 33.8 Å². The molecule has 11 heteroatoms. The zero-order valence-electron chi connectivity index (χ0n) is 30.2. The Bertz CT molecular complexity index is 2620. The predicted octanol–water partition coefficient (Wildman–Crippen LogP) is 6.04. The summed E-state index contributed by atoms with van der Waals surface area (Å²) in [7, 11) is 1.50. The van der Waals surface area contributed by atoms with Crippen LogP contribution in [0.15, 0.2) is 121 Å². The number of hydrogen-bond acceptors (Lipinski definition) is 8. The first-order chi connectivity index (χ1) is 27.2. The van der Waals surface area contributed by atoms with Crippen molar-refractivity contribution in [2.24, 2.45) is 11.8 Å². The average molecular weight is 746 g/mol. The lowest BCUT2D eigenvalue weighted by Gasteiger charge is -2.31. The fourth-order valence-electron chi connectivity index (χ4n) is 8.75. The van der Waals surface area contributed by atoms with E-state index in [1.54, 1.807) is 66.9 Å². The van der Waals surface area contributed by atoms with Crippen molar-refractivity contribution in [2.75, 3.05) is 7.11 Å². The van der Waals surface area contributed by atoms with Crippen molar-refractivity contribution >= 4 is 40.3 Å². The molecule has 0 radical (unpaired) electrons. The Labute approximate surface area is 320 Å². The standard InChI is InChI=1S/C45H35N3O8/c1-55-35-17-9-15-32(41(35)56-24-25-10-3-2-4-11-25)38-36-37(45(47-38,44(53)54)21-27-22-46-34-16-8-7-12-28(27)34)43(52)48(42(36)51)23-26-18-19-31-33(20-26)40(50)30-14-6-5-13-29(30)39(31)49/h2-20,22,36-38,46-47H,21,23-24H2,1H3,(H,53,54). The van der Waals surface area contributed by atoms with Gasteiger partial charge in [0.05, 0.1) is 25.5 Å². The van der Waals surface area contributed by atoms with Crippen LogP contribution in [0.5, 0.6) is 11.5 Å². The quantitative estimate of drug-likeness (QED) is 0.142. The summed E-state index contributed by atoms with van der Waals surface area (Å²) < 4.78 is 12.1. The average Bonchev–Trinajstić information content (AvgIpc) is 3.87. The van der Waals surface area contributed by atoms with Gasteiger partial charge in [0, 0.05) is 57.4 Å². The Morgan fingerprint density at radius 3 is 2.21 bits per heavy atom. The second-order valence-corrected chi connectivity index (χ2v) is 14.4. The van der Waals surface area contributed by atoms with Crippen LogP contribution < -0.4 is 14.8 Å². The molecule has 0 saturated carbocycles. The van der Waals surface area contributed by atoms with E-state index in [9.17, 15) is 29.1 Å². The Balaban J connectivity index is 1.13. The maximum atomic E-state index is 14.8. The number of benzene rings is 5. The molecule has 2 aliphatic heterocycles. The number of para-hydroxylation sites is 2. The number of carbonyl (C=O) groups excluding carboxylic acids is 4. The molecular weight excluding hydrogens is 711 g/mol. The molecule has 3 heterocycles. The first-order valence-corrected chi connectivity index (χ1v) is 18.3. The SMILES string of the molecule is COc1cccc(C2NC(Cc3c[nH]c4ccccc34)(C(=O)O)C3C(=O)N(Cc4ccc5c(c4)C(=O)c4ccccc4C5=O)C(=O)C23)c1OCc1ccccc1. The van der Waals surface area contributed by atoms with Gasteiger partial charge in [0.25, 0.3) is 0 Å². The number of amides is 2. The summed E-state index contributed by atoms with van der Waals surface area (Å²) in [6.45, 7) is -0.0660. The summed E-state index contributed by atoms with van der Waals surface area (Å²) >= 11 is 0. The van der Waals surface area contributed by atoms with Gasteiger partial charge in [0.1, 0.15) is 12.1 Å². The number of aromatic amines is 1. The maximum absolute atomic E-state index is 14.8. The van der Waals surface area contributed by atoms with Crippen molar-refractivity contribution < 1.29 is 38.6 Å². The molecular formula is C45H35N3O8. The highest BCUT2D eigenvalue weighted by Crippen LogP contribution is 2.53. The number of rotatable bonds is 10. The van der Waals surface area contributed by atoms with E-state index < -0.39 is 41.2 Å². The largest absolute Gasteiger partial charge is 0.493 e. The molecule has 6 aromatic rings. The summed E-state index contributed by atoms with van der Waals surface area (Å²) in [5, 5.41) is 15.4. The van der Waals surface area contributed by atoms with Crippen LogP contribution in [0, 0.1) is 11.8 Å². The Morgan fingerprint density at radius 1 is 0.768 bits per heavy atom. The van der Waals surface area contributed by atoms with Crippen LogP contribution >= 0.6 is 0 Å². The number of aromatic nitrogens is 1. The molecule has 278 valence electrons. The molecule has 56 heavy (non-hydrogen) atoms. The molecule has 11 nitrogen and oxygen atoms in total. The van der Waals surface area contributed by atoms with Crippen LogP contribution in [0.1, 0.15) is 60.1 Å². The number of imide groups is 1. The lowest BCUT2D eigenvalue weighted by atomic mass is 9.76. The van der Waals surface area contributed by atoms with Crippen molar-refractivity contribution in [2.45, 2.75) is 31.2 Å². The second kappa shape index (κ2) is 13.5. The van der Waals surface area contributed by atoms with Crippen LogP contribution in [-0.4, -0.2) is 57.0 Å². The number of carboxylic acids is 1. The molecule has 2 amide bonds. The normalized spacial score (nSPS) is 21.2. The zero-order valence-corrected chi connectivity index (χ0v) is 30.2. The summed E-state index contributed by atoms with van der Waals surface area (Å²) in [6.07, 6.45) is 1.62. The van der Waals surface area contributed by atoms with Gasteiger partial charge >= 0.3 is 5.97 Å². The topological polar surface area (TPSA) is 155 Å². The van der Waals surface area contributed by atoms with Crippen LogP contribution in [0.3, 0.4) is 0 Å². The highest BCUT2D eigenvalue weighted by atomic mass is 16.5. The third-order valence-electron chi connectivity index (χ3n) is 11.4. The van der Waals surface area contributed by atoms with E-state index in [2.05, 4.69) is 10.3 Å². The van der Waals surface area contributed by atoms with Gasteiger partial charge in [-0.15, -0.1) is 0 Å². The number of ether oxygens (including phenoxy) is 2. The fourth-order valence-corrected chi connectivity index (χ4v) is 8.75. The maximum Gasteiger partial charge on any atom is 0.325 e. The van der Waals surface area contributed by atoms with Gasteiger partial charge in [-0.2, -0.15) is 0 Å². The molecule has 0 spiro atoms. The zero-order chi connectivity index (χ0) is 38.7. The number of hydrogen-bond donors (Lipinski definition) is 3. The van der Waals surface area contributed by atoms with Crippen molar-refractivity contribution in [3.63, 3.8) is 0 Å². The highest BCUT2D eigenvalue weighted by Gasteiger charge is 2.68. The Morgan fingerprint density at radius 2 is 1.46 bits per heavy atom. The highest BCUT2D eigenvalue weighted by molar-refractivity contribution is 6.28. The number of likely N-dealkylation sites (tertiary alicyclic amines) is 1. The number of ketones is 2. The number of nitrogens with zero attached hydrogens (tertiary/aromatic N) is 1. The first-order valence-electron chi connectivity index (χ1n) is 18.3. The van der Waals surface area contributed by atoms with E-state index >= 15 is 0 Å². The van der Waals surface area contributed by atoms with Gasteiger partial charge in [-0.05, 0) is 41.0 Å². The van der Waals surface area contributed by atoms with Gasteiger partial charge in [-0.25, -0.2) is 0 Å². The predicted molar refractivity (Wildman–Crippen MR) is 204 cm³/mol. The second-order valence-electron chi connectivity index (χ2n) is 14.4. The van der Waals surface area contributed by atoms with Gasteiger partial charge in [0.2, 0.25) is 11.8 Å².